The molecule has 1 unspecified atom stereocenters. The largest absolute Gasteiger partial charge is 0.366 e. The molecule has 0 radical (unpaired) electrons. The Kier molecular flexibility index (Phi) is 1.86. The molecule has 1 fully saturated rings. The molecule has 3 nitrogen and oxygen atoms in total. The number of benzene rings is 1. The van der Waals surface area contributed by atoms with Gasteiger partial charge in [0.1, 0.15) is 6.10 Å². The Balaban J connectivity index is 2.02. The molecule has 1 aromatic heterocycles. The molecule has 15 heavy (non-hydrogen) atoms. The summed E-state index contributed by atoms with van der Waals surface area (Å²) in [6, 6.07) is 12.3. The molecule has 0 spiro atoms. The van der Waals surface area contributed by atoms with E-state index in [-0.39, 0.29) is 6.10 Å². The maximum Gasteiger partial charge on any atom is 0.123 e. The van der Waals surface area contributed by atoms with Gasteiger partial charge in [-0.15, -0.1) is 0 Å². The molecule has 1 aliphatic rings. The van der Waals surface area contributed by atoms with Crippen molar-refractivity contribution in [2.24, 2.45) is 7.05 Å². The summed E-state index contributed by atoms with van der Waals surface area (Å²) in [4.78, 5) is 0. The van der Waals surface area contributed by atoms with E-state index in [0.29, 0.717) is 0 Å². The highest BCUT2D eigenvalue weighted by molar-refractivity contribution is 5.59. The lowest BCUT2D eigenvalue weighted by Crippen LogP contribution is -1.96. The highest BCUT2D eigenvalue weighted by Gasteiger charge is 2.28. The molecule has 0 saturated carbocycles. The lowest BCUT2D eigenvalue weighted by atomic mass is 10.1. The minimum Gasteiger partial charge on any atom is -0.366 e. The smallest absolute Gasteiger partial charge is 0.123 e. The third-order valence-electron chi connectivity index (χ3n) is 2.65. The van der Waals surface area contributed by atoms with Crippen LogP contribution in [0.3, 0.4) is 0 Å². The van der Waals surface area contributed by atoms with Crippen molar-refractivity contribution in [2.75, 3.05) is 6.61 Å². The summed E-state index contributed by atoms with van der Waals surface area (Å²) in [6.45, 7) is 0.827. The van der Waals surface area contributed by atoms with E-state index in [0.717, 1.165) is 23.6 Å². The topological polar surface area (TPSA) is 30.4 Å². The molecule has 1 aliphatic heterocycles. The number of aromatic nitrogens is 2. The van der Waals surface area contributed by atoms with E-state index in [1.807, 2.05) is 29.9 Å². The predicted octanol–water partition coefficient (Wildman–Crippen LogP) is 2.16. The van der Waals surface area contributed by atoms with Crippen molar-refractivity contribution >= 4 is 0 Å². The van der Waals surface area contributed by atoms with Crippen molar-refractivity contribution in [1.29, 1.82) is 0 Å². The maximum atomic E-state index is 5.26. The van der Waals surface area contributed by atoms with Crippen LogP contribution in [0.4, 0.5) is 0 Å². The highest BCUT2D eigenvalue weighted by atomic mass is 16.6. The molecular formula is C12H12N2O. The van der Waals surface area contributed by atoms with Crippen molar-refractivity contribution < 1.29 is 4.74 Å². The summed E-state index contributed by atoms with van der Waals surface area (Å²) < 4.78 is 7.17. The molecule has 2 aromatic rings. The van der Waals surface area contributed by atoms with Gasteiger partial charge in [-0.3, -0.25) is 4.68 Å². The van der Waals surface area contributed by atoms with Gasteiger partial charge in [0, 0.05) is 12.6 Å². The van der Waals surface area contributed by atoms with Crippen molar-refractivity contribution in [3.8, 4) is 11.3 Å². The predicted molar refractivity (Wildman–Crippen MR) is 57.3 cm³/mol. The van der Waals surface area contributed by atoms with Gasteiger partial charge < -0.3 is 4.74 Å². The number of epoxide rings is 1. The van der Waals surface area contributed by atoms with Gasteiger partial charge in [0.25, 0.3) is 0 Å². The number of ether oxygens (including phenoxy) is 1. The zero-order valence-electron chi connectivity index (χ0n) is 8.55. The average Bonchev–Trinajstić information content (AvgIpc) is 3.04. The molecule has 2 heterocycles. The number of aryl methyl sites for hydroxylation is 1. The molecule has 0 amide bonds. The van der Waals surface area contributed by atoms with Crippen LogP contribution in [0.1, 0.15) is 11.8 Å². The van der Waals surface area contributed by atoms with Gasteiger partial charge in [0.05, 0.1) is 18.0 Å². The number of rotatable bonds is 2. The van der Waals surface area contributed by atoms with Crippen LogP contribution in [-0.2, 0) is 11.8 Å². The fourth-order valence-corrected chi connectivity index (χ4v) is 1.75. The van der Waals surface area contributed by atoms with Crippen LogP contribution in [0.2, 0.25) is 0 Å². The number of hydrogen-bond donors (Lipinski definition) is 0. The van der Waals surface area contributed by atoms with Gasteiger partial charge in [0.15, 0.2) is 0 Å². The first-order chi connectivity index (χ1) is 7.34. The lowest BCUT2D eigenvalue weighted by molar-refractivity contribution is 0.404. The Labute approximate surface area is 88.3 Å². The molecule has 0 aliphatic carbocycles. The molecule has 1 saturated heterocycles. The van der Waals surface area contributed by atoms with Crippen molar-refractivity contribution in [2.45, 2.75) is 6.10 Å². The first kappa shape index (κ1) is 8.68. The lowest BCUT2D eigenvalue weighted by Gasteiger charge is -1.94. The summed E-state index contributed by atoms with van der Waals surface area (Å²) in [7, 11) is 1.96. The second-order valence-corrected chi connectivity index (χ2v) is 3.77. The van der Waals surface area contributed by atoms with E-state index < -0.39 is 0 Å². The molecule has 1 atom stereocenters. The summed E-state index contributed by atoms with van der Waals surface area (Å²) in [6.07, 6.45) is 0.264. The van der Waals surface area contributed by atoms with Crippen molar-refractivity contribution in [3.05, 3.63) is 42.1 Å². The molecule has 3 heteroatoms. The average molecular weight is 200 g/mol. The maximum absolute atomic E-state index is 5.26. The summed E-state index contributed by atoms with van der Waals surface area (Å²) in [5.74, 6) is 0. The normalized spacial score (nSPS) is 19.1. The Hall–Kier alpha value is -1.61. The number of nitrogens with zero attached hydrogens (tertiary/aromatic N) is 2. The summed E-state index contributed by atoms with van der Waals surface area (Å²) in [5, 5.41) is 4.48. The van der Waals surface area contributed by atoms with Crippen LogP contribution < -0.4 is 0 Å². The minimum absolute atomic E-state index is 0.264. The van der Waals surface area contributed by atoms with Gasteiger partial charge in [-0.2, -0.15) is 5.10 Å². The Morgan fingerprint density at radius 3 is 2.73 bits per heavy atom. The third-order valence-corrected chi connectivity index (χ3v) is 2.65. The van der Waals surface area contributed by atoms with Crippen LogP contribution in [0, 0.1) is 0 Å². The third kappa shape index (κ3) is 1.55. The Bertz CT molecular complexity index is 472. The van der Waals surface area contributed by atoms with Gasteiger partial charge in [-0.1, -0.05) is 30.3 Å². The van der Waals surface area contributed by atoms with E-state index in [1.165, 1.54) is 0 Å². The van der Waals surface area contributed by atoms with Crippen molar-refractivity contribution in [3.63, 3.8) is 0 Å². The van der Waals surface area contributed by atoms with Gasteiger partial charge in [-0.05, 0) is 6.07 Å². The molecular weight excluding hydrogens is 188 g/mol. The Morgan fingerprint density at radius 1 is 1.33 bits per heavy atom. The molecule has 1 aromatic carbocycles. The molecule has 76 valence electrons. The SMILES string of the molecule is Cn1nc(-c2ccccc2)cc1C1CO1. The van der Waals surface area contributed by atoms with E-state index in [9.17, 15) is 0 Å². The molecule has 0 N–H and O–H groups in total. The van der Waals surface area contributed by atoms with E-state index >= 15 is 0 Å². The van der Waals surface area contributed by atoms with E-state index in [4.69, 9.17) is 4.74 Å². The zero-order valence-corrected chi connectivity index (χ0v) is 8.55. The standard InChI is InChI=1S/C12H12N2O/c1-14-11(12-8-15-12)7-10(13-14)9-5-3-2-4-6-9/h2-7,12H,8H2,1H3. The summed E-state index contributed by atoms with van der Waals surface area (Å²) in [5.41, 5.74) is 3.33. The highest BCUT2D eigenvalue weighted by Crippen LogP contribution is 2.31. The second-order valence-electron chi connectivity index (χ2n) is 3.77. The fraction of sp³-hybridized carbons (Fsp3) is 0.250. The van der Waals surface area contributed by atoms with Crippen LogP contribution in [0.15, 0.2) is 36.4 Å². The van der Waals surface area contributed by atoms with Crippen LogP contribution in [0.5, 0.6) is 0 Å². The van der Waals surface area contributed by atoms with Crippen LogP contribution in [0.25, 0.3) is 11.3 Å². The van der Waals surface area contributed by atoms with Gasteiger partial charge in [0.2, 0.25) is 0 Å². The fourth-order valence-electron chi connectivity index (χ4n) is 1.75. The quantitative estimate of drug-likeness (QED) is 0.695. The van der Waals surface area contributed by atoms with Crippen molar-refractivity contribution in [1.82, 2.24) is 9.78 Å². The van der Waals surface area contributed by atoms with E-state index in [2.05, 4.69) is 23.3 Å². The Morgan fingerprint density at radius 2 is 2.07 bits per heavy atom. The second kappa shape index (κ2) is 3.21. The monoisotopic (exact) mass is 200 g/mol. The van der Waals surface area contributed by atoms with E-state index in [1.54, 1.807) is 0 Å². The first-order valence-electron chi connectivity index (χ1n) is 5.05. The zero-order chi connectivity index (χ0) is 10.3. The van der Waals surface area contributed by atoms with Crippen LogP contribution >= 0.6 is 0 Å². The number of hydrogen-bond acceptors (Lipinski definition) is 2. The molecule has 0 bridgehead atoms. The van der Waals surface area contributed by atoms with Crippen LogP contribution in [-0.4, -0.2) is 16.4 Å². The van der Waals surface area contributed by atoms with Gasteiger partial charge in [-0.25, -0.2) is 0 Å². The van der Waals surface area contributed by atoms with Gasteiger partial charge >= 0.3 is 0 Å². The summed E-state index contributed by atoms with van der Waals surface area (Å²) >= 11 is 0. The minimum atomic E-state index is 0.264. The first-order valence-corrected chi connectivity index (χ1v) is 5.05. The molecule has 3 rings (SSSR count).